The van der Waals surface area contributed by atoms with Crippen molar-refractivity contribution in [3.05, 3.63) is 194 Å². The SMILES string of the molecule is c1ccc(-c2ccc(N(c3ccc(-c4ccccc4)cc3)c3ccc(-c4ccc5cc(-c6nc7ccccc7o6)ccc5c4)cc3)cc2)cc1. The van der Waals surface area contributed by atoms with Gasteiger partial charge < -0.3 is 9.32 Å². The molecule has 0 spiro atoms. The largest absolute Gasteiger partial charge is 0.436 e. The molecule has 0 unspecified atom stereocenters. The summed E-state index contributed by atoms with van der Waals surface area (Å²) in [6.45, 7) is 0. The molecule has 0 atom stereocenters. The summed E-state index contributed by atoms with van der Waals surface area (Å²) in [6, 6.07) is 68.4. The standard InChI is InChI=1S/C47H32N2O/c1-3-9-33(10-4-1)35-19-25-42(26-20-35)49(43-27-21-36(22-28-43)34-11-5-2-6-12-34)44-29-23-37(24-30-44)38-15-16-40-32-41(18-17-39(40)31-38)47-48-45-13-7-8-14-46(45)50-47/h1-32H. The van der Waals surface area contributed by atoms with Gasteiger partial charge in [0.2, 0.25) is 5.89 Å². The molecule has 0 saturated carbocycles. The Hall–Kier alpha value is -6.71. The van der Waals surface area contributed by atoms with Crippen LogP contribution in [0.2, 0.25) is 0 Å². The first-order valence-corrected chi connectivity index (χ1v) is 16.9. The van der Waals surface area contributed by atoms with Crippen LogP contribution in [0.5, 0.6) is 0 Å². The molecule has 236 valence electrons. The lowest BCUT2D eigenvalue weighted by Crippen LogP contribution is -2.09. The van der Waals surface area contributed by atoms with E-state index in [2.05, 4.69) is 180 Å². The summed E-state index contributed by atoms with van der Waals surface area (Å²) in [5, 5.41) is 2.32. The molecule has 0 radical (unpaired) electrons. The monoisotopic (exact) mass is 640 g/mol. The highest BCUT2D eigenvalue weighted by atomic mass is 16.3. The van der Waals surface area contributed by atoms with Crippen molar-refractivity contribution in [2.75, 3.05) is 4.90 Å². The number of hydrogen-bond donors (Lipinski definition) is 0. The fourth-order valence-corrected chi connectivity index (χ4v) is 6.67. The van der Waals surface area contributed by atoms with Crippen LogP contribution < -0.4 is 4.90 Å². The van der Waals surface area contributed by atoms with E-state index >= 15 is 0 Å². The second-order valence-electron chi connectivity index (χ2n) is 12.5. The van der Waals surface area contributed by atoms with Crippen LogP contribution in [0.15, 0.2) is 199 Å². The first-order valence-electron chi connectivity index (χ1n) is 16.9. The molecule has 0 aliphatic heterocycles. The smallest absolute Gasteiger partial charge is 0.227 e. The average Bonchev–Trinajstić information content (AvgIpc) is 3.64. The van der Waals surface area contributed by atoms with Crippen molar-refractivity contribution in [3.8, 4) is 44.8 Å². The molecule has 0 fully saturated rings. The molecule has 0 saturated heterocycles. The highest BCUT2D eigenvalue weighted by molar-refractivity contribution is 5.91. The summed E-state index contributed by atoms with van der Waals surface area (Å²) < 4.78 is 6.03. The Bertz CT molecular complexity index is 2440. The number of benzene rings is 8. The van der Waals surface area contributed by atoms with Crippen molar-refractivity contribution in [1.29, 1.82) is 0 Å². The van der Waals surface area contributed by atoms with Gasteiger partial charge in [-0.25, -0.2) is 4.98 Å². The zero-order valence-corrected chi connectivity index (χ0v) is 27.3. The number of oxazole rings is 1. The zero-order chi connectivity index (χ0) is 33.3. The number of anilines is 3. The van der Waals surface area contributed by atoms with E-state index in [9.17, 15) is 0 Å². The van der Waals surface area contributed by atoms with Crippen molar-refractivity contribution in [1.82, 2.24) is 4.98 Å². The van der Waals surface area contributed by atoms with E-state index in [0.717, 1.165) is 44.7 Å². The van der Waals surface area contributed by atoms with E-state index in [4.69, 9.17) is 4.42 Å². The molecule has 3 heteroatoms. The predicted molar refractivity (Wildman–Crippen MR) is 208 cm³/mol. The second kappa shape index (κ2) is 12.7. The number of nitrogens with zero attached hydrogens (tertiary/aromatic N) is 2. The molecule has 0 amide bonds. The normalized spacial score (nSPS) is 11.2. The zero-order valence-electron chi connectivity index (χ0n) is 27.3. The van der Waals surface area contributed by atoms with E-state index in [1.54, 1.807) is 0 Å². The Balaban J connectivity index is 1.04. The Morgan fingerprint density at radius 2 is 0.740 bits per heavy atom. The molecule has 3 nitrogen and oxygen atoms in total. The van der Waals surface area contributed by atoms with Crippen LogP contribution in [0.25, 0.3) is 66.7 Å². The van der Waals surface area contributed by atoms with Crippen LogP contribution in [0.1, 0.15) is 0 Å². The van der Waals surface area contributed by atoms with Crippen LogP contribution in [-0.2, 0) is 0 Å². The highest BCUT2D eigenvalue weighted by Gasteiger charge is 2.14. The third kappa shape index (κ3) is 5.72. The van der Waals surface area contributed by atoms with Gasteiger partial charge in [-0.2, -0.15) is 0 Å². The summed E-state index contributed by atoms with van der Waals surface area (Å²) in [4.78, 5) is 7.01. The van der Waals surface area contributed by atoms with Gasteiger partial charge in [0.05, 0.1) is 0 Å². The van der Waals surface area contributed by atoms with Gasteiger partial charge in [-0.1, -0.05) is 127 Å². The van der Waals surface area contributed by atoms with Crippen molar-refractivity contribution in [3.63, 3.8) is 0 Å². The summed E-state index contributed by atoms with van der Waals surface area (Å²) in [7, 11) is 0. The number of para-hydroxylation sites is 2. The van der Waals surface area contributed by atoms with Gasteiger partial charge in [-0.15, -0.1) is 0 Å². The Morgan fingerprint density at radius 3 is 1.26 bits per heavy atom. The Kier molecular flexibility index (Phi) is 7.49. The Labute approximate surface area is 291 Å². The van der Waals surface area contributed by atoms with Gasteiger partial charge in [-0.05, 0) is 111 Å². The highest BCUT2D eigenvalue weighted by Crippen LogP contribution is 2.38. The van der Waals surface area contributed by atoms with Crippen molar-refractivity contribution < 1.29 is 4.42 Å². The van der Waals surface area contributed by atoms with Crippen LogP contribution in [0.4, 0.5) is 17.1 Å². The van der Waals surface area contributed by atoms with Crippen molar-refractivity contribution in [2.45, 2.75) is 0 Å². The molecule has 9 aromatic rings. The van der Waals surface area contributed by atoms with Crippen molar-refractivity contribution in [2.24, 2.45) is 0 Å². The van der Waals surface area contributed by atoms with Crippen LogP contribution in [-0.4, -0.2) is 4.98 Å². The lowest BCUT2D eigenvalue weighted by Gasteiger charge is -2.26. The van der Waals surface area contributed by atoms with E-state index in [-0.39, 0.29) is 0 Å². The van der Waals surface area contributed by atoms with Crippen LogP contribution in [0.3, 0.4) is 0 Å². The van der Waals surface area contributed by atoms with Gasteiger partial charge in [0.25, 0.3) is 0 Å². The van der Waals surface area contributed by atoms with Gasteiger partial charge in [0.1, 0.15) is 5.52 Å². The molecule has 1 heterocycles. The summed E-state index contributed by atoms with van der Waals surface area (Å²) in [6.07, 6.45) is 0. The first kappa shape index (κ1) is 29.4. The molecule has 0 aliphatic carbocycles. The van der Waals surface area contributed by atoms with Crippen LogP contribution in [0, 0.1) is 0 Å². The van der Waals surface area contributed by atoms with Gasteiger partial charge in [0.15, 0.2) is 5.58 Å². The summed E-state index contributed by atoms with van der Waals surface area (Å²) in [5.41, 5.74) is 13.1. The lowest BCUT2D eigenvalue weighted by molar-refractivity contribution is 0.620. The quantitative estimate of drug-likeness (QED) is 0.174. The molecule has 1 aromatic heterocycles. The minimum absolute atomic E-state index is 0.640. The fraction of sp³-hybridized carbons (Fsp3) is 0. The third-order valence-corrected chi connectivity index (χ3v) is 9.31. The number of rotatable bonds is 7. The maximum Gasteiger partial charge on any atom is 0.227 e. The average molecular weight is 641 g/mol. The van der Waals surface area contributed by atoms with E-state index in [1.807, 2.05) is 24.3 Å². The van der Waals surface area contributed by atoms with E-state index in [1.165, 1.54) is 33.2 Å². The fourth-order valence-electron chi connectivity index (χ4n) is 6.67. The number of aromatic nitrogens is 1. The van der Waals surface area contributed by atoms with Gasteiger partial charge in [-0.3, -0.25) is 0 Å². The molecule has 0 N–H and O–H groups in total. The lowest BCUT2D eigenvalue weighted by atomic mass is 9.99. The minimum atomic E-state index is 0.640. The molecule has 9 rings (SSSR count). The van der Waals surface area contributed by atoms with E-state index < -0.39 is 0 Å². The summed E-state index contributed by atoms with van der Waals surface area (Å²) in [5.74, 6) is 0.640. The predicted octanol–water partition coefficient (Wildman–Crippen LogP) is 13.1. The Morgan fingerprint density at radius 1 is 0.340 bits per heavy atom. The third-order valence-electron chi connectivity index (χ3n) is 9.31. The van der Waals surface area contributed by atoms with Gasteiger partial charge >= 0.3 is 0 Å². The first-order chi connectivity index (χ1) is 24.7. The minimum Gasteiger partial charge on any atom is -0.436 e. The molecular weight excluding hydrogens is 609 g/mol. The molecule has 0 aliphatic rings. The molecule has 8 aromatic carbocycles. The molecule has 0 bridgehead atoms. The summed E-state index contributed by atoms with van der Waals surface area (Å²) >= 11 is 0. The van der Waals surface area contributed by atoms with E-state index in [0.29, 0.717) is 5.89 Å². The number of fused-ring (bicyclic) bond motifs is 2. The van der Waals surface area contributed by atoms with Crippen molar-refractivity contribution >= 4 is 38.9 Å². The molecular formula is C47H32N2O. The topological polar surface area (TPSA) is 29.3 Å². The van der Waals surface area contributed by atoms with Crippen LogP contribution >= 0.6 is 0 Å². The molecule has 50 heavy (non-hydrogen) atoms. The number of hydrogen-bond acceptors (Lipinski definition) is 3. The second-order valence-corrected chi connectivity index (χ2v) is 12.5. The van der Waals surface area contributed by atoms with Gasteiger partial charge in [0, 0.05) is 22.6 Å². The maximum absolute atomic E-state index is 6.03. The maximum atomic E-state index is 6.03.